The minimum Gasteiger partial charge on any atom is -0.469 e. The Morgan fingerprint density at radius 2 is 2.29 bits per heavy atom. The second-order valence-electron chi connectivity index (χ2n) is 4.06. The summed E-state index contributed by atoms with van der Waals surface area (Å²) in [5.74, 6) is -0.144. The van der Waals surface area contributed by atoms with E-state index in [1.54, 1.807) is 11.3 Å². The maximum absolute atomic E-state index is 11.0. The van der Waals surface area contributed by atoms with Crippen LogP contribution in [-0.2, 0) is 16.0 Å². The van der Waals surface area contributed by atoms with E-state index in [2.05, 4.69) is 26.4 Å². The van der Waals surface area contributed by atoms with Crippen molar-refractivity contribution < 1.29 is 9.53 Å². The molecular formula is C12H16N2O2S. The summed E-state index contributed by atoms with van der Waals surface area (Å²) >= 11 is 1.65. The molecule has 2 aromatic heterocycles. The Hall–Kier alpha value is -1.36. The number of imidazole rings is 1. The number of fused-ring (bicyclic) bond motifs is 1. The number of hydrogen-bond donors (Lipinski definition) is 0. The van der Waals surface area contributed by atoms with Gasteiger partial charge in [0.1, 0.15) is 0 Å². The molecule has 0 saturated heterocycles. The van der Waals surface area contributed by atoms with Crippen molar-refractivity contribution in [1.82, 2.24) is 9.38 Å². The smallest absolute Gasteiger partial charge is 0.305 e. The van der Waals surface area contributed by atoms with E-state index >= 15 is 0 Å². The van der Waals surface area contributed by atoms with Crippen LogP contribution >= 0.6 is 11.3 Å². The molecule has 0 N–H and O–H groups in total. The summed E-state index contributed by atoms with van der Waals surface area (Å²) in [5.41, 5.74) is 3.49. The van der Waals surface area contributed by atoms with E-state index < -0.39 is 0 Å². The van der Waals surface area contributed by atoms with Crippen LogP contribution < -0.4 is 0 Å². The first-order chi connectivity index (χ1) is 8.13. The molecule has 2 aromatic rings. The third-order valence-electron chi connectivity index (χ3n) is 2.94. The SMILES string of the molecule is COC(=O)CCCc1csc2nc(C)c(C)n12. The zero-order valence-electron chi connectivity index (χ0n) is 10.3. The van der Waals surface area contributed by atoms with Crippen LogP contribution in [0.2, 0.25) is 0 Å². The minimum atomic E-state index is -0.144. The van der Waals surface area contributed by atoms with Crippen LogP contribution in [0.3, 0.4) is 0 Å². The van der Waals surface area contributed by atoms with Gasteiger partial charge < -0.3 is 4.74 Å². The predicted octanol–water partition coefficient (Wildman–Crippen LogP) is 2.51. The number of hydrogen-bond acceptors (Lipinski definition) is 4. The summed E-state index contributed by atoms with van der Waals surface area (Å²) in [5, 5.41) is 2.12. The number of ether oxygens (including phenoxy) is 1. The van der Waals surface area contributed by atoms with Gasteiger partial charge in [0.15, 0.2) is 4.96 Å². The van der Waals surface area contributed by atoms with Crippen molar-refractivity contribution in [3.8, 4) is 0 Å². The summed E-state index contributed by atoms with van der Waals surface area (Å²) in [6.07, 6.45) is 2.17. The molecule has 0 fully saturated rings. The largest absolute Gasteiger partial charge is 0.469 e. The highest BCUT2D eigenvalue weighted by Gasteiger charge is 2.11. The molecule has 0 spiro atoms. The molecule has 0 atom stereocenters. The summed E-state index contributed by atoms with van der Waals surface area (Å²) < 4.78 is 6.81. The molecule has 0 unspecified atom stereocenters. The Morgan fingerprint density at radius 3 is 3.00 bits per heavy atom. The Balaban J connectivity index is 2.11. The number of aromatic nitrogens is 2. The van der Waals surface area contributed by atoms with Crippen molar-refractivity contribution >= 4 is 22.3 Å². The molecule has 0 aliphatic rings. The molecule has 2 rings (SSSR count). The molecule has 0 aliphatic carbocycles. The number of thiazole rings is 1. The molecule has 0 saturated carbocycles. The fourth-order valence-corrected chi connectivity index (χ4v) is 2.87. The lowest BCUT2D eigenvalue weighted by molar-refractivity contribution is -0.140. The first-order valence-electron chi connectivity index (χ1n) is 5.62. The first kappa shape index (κ1) is 12.1. The monoisotopic (exact) mass is 252 g/mol. The van der Waals surface area contributed by atoms with Gasteiger partial charge in [-0.05, 0) is 26.7 Å². The number of aryl methyl sites for hydroxylation is 3. The highest BCUT2D eigenvalue weighted by Crippen LogP contribution is 2.21. The standard InChI is InChI=1S/C12H16N2O2S/c1-8-9(2)14-10(7-17-12(14)13-8)5-4-6-11(15)16-3/h7H,4-6H2,1-3H3. The van der Waals surface area contributed by atoms with E-state index in [0.717, 1.165) is 23.5 Å². The van der Waals surface area contributed by atoms with Crippen molar-refractivity contribution in [3.63, 3.8) is 0 Å². The highest BCUT2D eigenvalue weighted by molar-refractivity contribution is 7.15. The Kier molecular flexibility index (Phi) is 3.47. The zero-order chi connectivity index (χ0) is 12.4. The molecule has 0 radical (unpaired) electrons. The molecule has 0 amide bonds. The highest BCUT2D eigenvalue weighted by atomic mass is 32.1. The molecule has 5 heteroatoms. The molecule has 2 heterocycles. The van der Waals surface area contributed by atoms with Gasteiger partial charge in [0.05, 0.1) is 12.8 Å². The van der Waals surface area contributed by atoms with Gasteiger partial charge >= 0.3 is 5.97 Å². The summed E-state index contributed by atoms with van der Waals surface area (Å²) in [4.78, 5) is 16.6. The minimum absolute atomic E-state index is 0.144. The van der Waals surface area contributed by atoms with Crippen molar-refractivity contribution in [2.24, 2.45) is 0 Å². The van der Waals surface area contributed by atoms with E-state index in [1.165, 1.54) is 18.5 Å². The van der Waals surface area contributed by atoms with Gasteiger partial charge in [-0.2, -0.15) is 0 Å². The molecule has 0 aliphatic heterocycles. The summed E-state index contributed by atoms with van der Waals surface area (Å²) in [7, 11) is 1.43. The lowest BCUT2D eigenvalue weighted by Crippen LogP contribution is -2.01. The summed E-state index contributed by atoms with van der Waals surface area (Å²) in [6, 6.07) is 0. The molecule has 92 valence electrons. The second-order valence-corrected chi connectivity index (χ2v) is 4.89. The molecular weight excluding hydrogens is 236 g/mol. The third-order valence-corrected chi connectivity index (χ3v) is 3.82. The van der Waals surface area contributed by atoms with Crippen molar-refractivity contribution in [3.05, 3.63) is 22.5 Å². The van der Waals surface area contributed by atoms with Crippen molar-refractivity contribution in [2.45, 2.75) is 33.1 Å². The lowest BCUT2D eigenvalue weighted by Gasteiger charge is -2.01. The Bertz CT molecular complexity index is 542. The van der Waals surface area contributed by atoms with Crippen LogP contribution in [0, 0.1) is 13.8 Å². The number of rotatable bonds is 4. The maximum Gasteiger partial charge on any atom is 0.305 e. The second kappa shape index (κ2) is 4.87. The van der Waals surface area contributed by atoms with Gasteiger partial charge in [-0.15, -0.1) is 11.3 Å². The Labute approximate surface area is 104 Å². The van der Waals surface area contributed by atoms with Gasteiger partial charge in [-0.3, -0.25) is 9.20 Å². The number of carbonyl (C=O) groups excluding carboxylic acids is 1. The molecule has 4 nitrogen and oxygen atoms in total. The van der Waals surface area contributed by atoms with Gasteiger partial charge in [0, 0.05) is 23.2 Å². The predicted molar refractivity (Wildman–Crippen MR) is 67.5 cm³/mol. The van der Waals surface area contributed by atoms with Gasteiger partial charge in [-0.1, -0.05) is 0 Å². The molecule has 0 bridgehead atoms. The third kappa shape index (κ3) is 2.34. The molecule has 0 aromatic carbocycles. The van der Waals surface area contributed by atoms with E-state index in [9.17, 15) is 4.79 Å². The zero-order valence-corrected chi connectivity index (χ0v) is 11.1. The van der Waals surface area contributed by atoms with Crippen LogP contribution in [-0.4, -0.2) is 22.5 Å². The van der Waals surface area contributed by atoms with Crippen LogP contribution in [0.15, 0.2) is 5.38 Å². The fraction of sp³-hybridized carbons (Fsp3) is 0.500. The normalized spacial score (nSPS) is 11.0. The van der Waals surface area contributed by atoms with Crippen LogP contribution in [0.4, 0.5) is 0 Å². The lowest BCUT2D eigenvalue weighted by atomic mass is 10.2. The number of nitrogens with zero attached hydrogens (tertiary/aromatic N) is 2. The molecule has 17 heavy (non-hydrogen) atoms. The van der Waals surface area contributed by atoms with E-state index in [-0.39, 0.29) is 5.97 Å². The first-order valence-corrected chi connectivity index (χ1v) is 6.50. The maximum atomic E-state index is 11.0. The average molecular weight is 252 g/mol. The average Bonchev–Trinajstić information content (AvgIpc) is 2.82. The van der Waals surface area contributed by atoms with E-state index in [4.69, 9.17) is 0 Å². The van der Waals surface area contributed by atoms with Gasteiger partial charge in [0.2, 0.25) is 0 Å². The van der Waals surface area contributed by atoms with Crippen LogP contribution in [0.1, 0.15) is 29.9 Å². The van der Waals surface area contributed by atoms with Crippen molar-refractivity contribution in [2.75, 3.05) is 7.11 Å². The number of carbonyl (C=O) groups is 1. The Morgan fingerprint density at radius 1 is 1.53 bits per heavy atom. The van der Waals surface area contributed by atoms with Crippen LogP contribution in [0.25, 0.3) is 4.96 Å². The van der Waals surface area contributed by atoms with Gasteiger partial charge in [0.25, 0.3) is 0 Å². The fourth-order valence-electron chi connectivity index (χ4n) is 1.86. The van der Waals surface area contributed by atoms with Gasteiger partial charge in [-0.25, -0.2) is 4.98 Å². The quantitative estimate of drug-likeness (QED) is 0.785. The van der Waals surface area contributed by atoms with E-state index in [1.807, 2.05) is 6.92 Å². The number of esters is 1. The van der Waals surface area contributed by atoms with E-state index in [0.29, 0.717) is 6.42 Å². The summed E-state index contributed by atoms with van der Waals surface area (Å²) in [6.45, 7) is 4.10. The van der Waals surface area contributed by atoms with Crippen LogP contribution in [0.5, 0.6) is 0 Å². The van der Waals surface area contributed by atoms with Crippen molar-refractivity contribution in [1.29, 1.82) is 0 Å². The number of methoxy groups -OCH3 is 1. The topological polar surface area (TPSA) is 43.6 Å².